The number of ether oxygens (including phenoxy) is 1. The number of carbonyl (C=O) groups excluding carboxylic acids is 1. The van der Waals surface area contributed by atoms with E-state index < -0.39 is 18.8 Å². The number of nitrogens with zero attached hydrogens (tertiary/aromatic N) is 2. The molecule has 3 atom stereocenters. The quantitative estimate of drug-likeness (QED) is 0.852. The van der Waals surface area contributed by atoms with Crippen molar-refractivity contribution in [2.45, 2.75) is 31.5 Å². The van der Waals surface area contributed by atoms with Gasteiger partial charge in [0.05, 0.1) is 24.1 Å². The zero-order valence-electron chi connectivity index (χ0n) is 14.0. The Morgan fingerprint density at radius 2 is 2.00 bits per heavy atom. The number of carbonyl (C=O) groups is 1. The molecule has 0 saturated heterocycles. The third-order valence-electron chi connectivity index (χ3n) is 4.19. The Kier molecular flexibility index (Phi) is 5.11. The zero-order valence-corrected chi connectivity index (χ0v) is 14.0. The van der Waals surface area contributed by atoms with Gasteiger partial charge in [-0.25, -0.2) is 4.98 Å². The van der Waals surface area contributed by atoms with Gasteiger partial charge in [0.2, 0.25) is 11.8 Å². The first-order chi connectivity index (χ1) is 12.3. The number of alkyl halides is 3. The van der Waals surface area contributed by atoms with Crippen molar-refractivity contribution in [3.8, 4) is 5.88 Å². The first-order valence-corrected chi connectivity index (χ1v) is 8.20. The maximum atomic E-state index is 12.3. The van der Waals surface area contributed by atoms with Gasteiger partial charge >= 0.3 is 6.18 Å². The molecule has 26 heavy (non-hydrogen) atoms. The van der Waals surface area contributed by atoms with E-state index in [1.165, 1.54) is 6.20 Å². The summed E-state index contributed by atoms with van der Waals surface area (Å²) in [5.41, 5.74) is 1.60. The third kappa shape index (κ3) is 4.71. The summed E-state index contributed by atoms with van der Waals surface area (Å²) in [5, 5.41) is 2.87. The second-order valence-corrected chi connectivity index (χ2v) is 6.27. The molecule has 1 aromatic carbocycles. The molecule has 138 valence electrons. The Hall–Kier alpha value is -2.64. The average Bonchev–Trinajstić information content (AvgIpc) is 3.41. The van der Waals surface area contributed by atoms with Crippen molar-refractivity contribution in [1.29, 1.82) is 0 Å². The lowest BCUT2D eigenvalue weighted by molar-refractivity contribution is -0.154. The molecule has 1 saturated carbocycles. The van der Waals surface area contributed by atoms with Gasteiger partial charge in [-0.2, -0.15) is 13.2 Å². The first-order valence-electron chi connectivity index (χ1n) is 8.20. The molecule has 0 aliphatic heterocycles. The molecule has 0 spiro atoms. The monoisotopic (exact) mass is 365 g/mol. The van der Waals surface area contributed by atoms with Crippen LogP contribution in [0, 0.1) is 5.92 Å². The average molecular weight is 365 g/mol. The molecule has 0 radical (unpaired) electrons. The molecular formula is C18H18F3N3O2. The van der Waals surface area contributed by atoms with E-state index in [-0.39, 0.29) is 23.6 Å². The summed E-state index contributed by atoms with van der Waals surface area (Å²) in [6.07, 6.45) is -1.20. The highest BCUT2D eigenvalue weighted by Gasteiger charge is 2.44. The van der Waals surface area contributed by atoms with E-state index >= 15 is 0 Å². The minimum atomic E-state index is -4.43. The van der Waals surface area contributed by atoms with Crippen LogP contribution in [0.1, 0.15) is 36.6 Å². The van der Waals surface area contributed by atoms with Gasteiger partial charge in [0, 0.05) is 5.92 Å². The topological polar surface area (TPSA) is 64.1 Å². The van der Waals surface area contributed by atoms with Gasteiger partial charge in [-0.05, 0) is 24.8 Å². The highest BCUT2D eigenvalue weighted by Crippen LogP contribution is 2.47. The summed E-state index contributed by atoms with van der Waals surface area (Å²) < 4.78 is 40.8. The Labute approximate surface area is 148 Å². The number of halogens is 3. The highest BCUT2D eigenvalue weighted by atomic mass is 19.4. The van der Waals surface area contributed by atoms with Crippen LogP contribution >= 0.6 is 0 Å². The van der Waals surface area contributed by atoms with Gasteiger partial charge in [-0.3, -0.25) is 9.78 Å². The first kappa shape index (κ1) is 18.2. The number of rotatable bonds is 6. The smallest absolute Gasteiger partial charge is 0.422 e. The Morgan fingerprint density at radius 3 is 2.62 bits per heavy atom. The molecule has 3 rings (SSSR count). The summed E-state index contributed by atoms with van der Waals surface area (Å²) >= 11 is 0. The number of hydrogen-bond acceptors (Lipinski definition) is 4. The van der Waals surface area contributed by atoms with Crippen LogP contribution in [0.5, 0.6) is 5.88 Å². The van der Waals surface area contributed by atoms with Gasteiger partial charge in [0.1, 0.15) is 0 Å². The minimum absolute atomic E-state index is 0.0643. The van der Waals surface area contributed by atoms with E-state index in [2.05, 4.69) is 20.0 Å². The number of benzene rings is 1. The lowest BCUT2D eigenvalue weighted by atomic mass is 10.1. The molecular weight excluding hydrogens is 347 g/mol. The molecule has 1 amide bonds. The second kappa shape index (κ2) is 7.31. The molecule has 1 aromatic heterocycles. The fraction of sp³-hybridized carbons (Fsp3) is 0.389. The lowest BCUT2D eigenvalue weighted by Crippen LogP contribution is -2.29. The van der Waals surface area contributed by atoms with E-state index in [9.17, 15) is 18.0 Å². The Balaban J connectivity index is 1.52. The van der Waals surface area contributed by atoms with Gasteiger partial charge in [0.15, 0.2) is 6.61 Å². The SMILES string of the molecule is C[C@@H](NC(=O)[C@H]1C[C@@H]1c1ccccc1)c1cnc(OCC(F)(F)F)cn1. The van der Waals surface area contributed by atoms with E-state index in [4.69, 9.17) is 0 Å². The van der Waals surface area contributed by atoms with Gasteiger partial charge in [-0.15, -0.1) is 0 Å². The maximum absolute atomic E-state index is 12.3. The molecule has 1 aliphatic rings. The van der Waals surface area contributed by atoms with Gasteiger partial charge in [-0.1, -0.05) is 30.3 Å². The maximum Gasteiger partial charge on any atom is 0.422 e. The van der Waals surface area contributed by atoms with Crippen molar-refractivity contribution in [3.05, 3.63) is 54.0 Å². The molecule has 5 nitrogen and oxygen atoms in total. The summed E-state index contributed by atoms with van der Waals surface area (Å²) in [4.78, 5) is 20.2. The van der Waals surface area contributed by atoms with Crippen LogP contribution in [-0.2, 0) is 4.79 Å². The minimum Gasteiger partial charge on any atom is -0.467 e. The van der Waals surface area contributed by atoms with Crippen LogP contribution in [0.25, 0.3) is 0 Å². The van der Waals surface area contributed by atoms with Crippen molar-refractivity contribution in [1.82, 2.24) is 15.3 Å². The molecule has 8 heteroatoms. The van der Waals surface area contributed by atoms with E-state index in [0.29, 0.717) is 5.69 Å². The van der Waals surface area contributed by atoms with Gasteiger partial charge in [0.25, 0.3) is 0 Å². The number of nitrogens with one attached hydrogen (secondary N) is 1. The number of hydrogen-bond donors (Lipinski definition) is 1. The van der Waals surface area contributed by atoms with Crippen molar-refractivity contribution < 1.29 is 22.7 Å². The molecule has 2 aromatic rings. The summed E-state index contributed by atoms with van der Waals surface area (Å²) in [5.74, 6) is -0.115. The van der Waals surface area contributed by atoms with Crippen LogP contribution in [0.3, 0.4) is 0 Å². The van der Waals surface area contributed by atoms with Crippen LogP contribution in [-0.4, -0.2) is 28.7 Å². The van der Waals surface area contributed by atoms with Crippen molar-refractivity contribution in [2.24, 2.45) is 5.92 Å². The van der Waals surface area contributed by atoms with Gasteiger partial charge < -0.3 is 10.1 Å². The van der Waals surface area contributed by atoms with Crippen LogP contribution in [0.15, 0.2) is 42.7 Å². The van der Waals surface area contributed by atoms with E-state index in [1.54, 1.807) is 6.92 Å². The summed E-state index contributed by atoms with van der Waals surface area (Å²) in [6, 6.07) is 9.44. The largest absolute Gasteiger partial charge is 0.467 e. The number of aromatic nitrogens is 2. The number of amides is 1. The molecule has 1 heterocycles. The van der Waals surface area contributed by atoms with Crippen LogP contribution in [0.4, 0.5) is 13.2 Å². The zero-order chi connectivity index (χ0) is 18.7. The van der Waals surface area contributed by atoms with Crippen molar-refractivity contribution >= 4 is 5.91 Å². The molecule has 1 aliphatic carbocycles. The fourth-order valence-corrected chi connectivity index (χ4v) is 2.73. The normalized spacial score (nSPS) is 20.3. The highest BCUT2D eigenvalue weighted by molar-refractivity contribution is 5.83. The van der Waals surface area contributed by atoms with Crippen molar-refractivity contribution in [3.63, 3.8) is 0 Å². The molecule has 1 fully saturated rings. The Bertz CT molecular complexity index is 751. The van der Waals surface area contributed by atoms with E-state index in [1.807, 2.05) is 30.3 Å². The lowest BCUT2D eigenvalue weighted by Gasteiger charge is -2.14. The Morgan fingerprint density at radius 1 is 1.27 bits per heavy atom. The van der Waals surface area contributed by atoms with Crippen LogP contribution in [0.2, 0.25) is 0 Å². The molecule has 1 N–H and O–H groups in total. The molecule has 0 bridgehead atoms. The predicted octanol–water partition coefficient (Wildman–Crippen LogP) is 3.40. The van der Waals surface area contributed by atoms with E-state index in [0.717, 1.165) is 18.2 Å². The van der Waals surface area contributed by atoms with Crippen molar-refractivity contribution in [2.75, 3.05) is 6.61 Å². The fourth-order valence-electron chi connectivity index (χ4n) is 2.73. The predicted molar refractivity (Wildman–Crippen MR) is 87.4 cm³/mol. The summed E-state index contributed by atoms with van der Waals surface area (Å²) in [7, 11) is 0. The molecule has 0 unspecified atom stereocenters. The second-order valence-electron chi connectivity index (χ2n) is 6.27. The third-order valence-corrected chi connectivity index (χ3v) is 4.19. The summed E-state index contributed by atoms with van der Waals surface area (Å²) in [6.45, 7) is 0.327. The van der Waals surface area contributed by atoms with Crippen LogP contribution < -0.4 is 10.1 Å². The standard InChI is InChI=1S/C18H18F3N3O2/c1-11(15-8-23-16(9-22-15)26-10-18(19,20)21)24-17(25)14-7-13(14)12-5-3-2-4-6-12/h2-6,8-9,11,13-14H,7,10H2,1H3,(H,24,25)/t11-,13-,14+/m1/s1.